The number of benzene rings is 1. The Kier molecular flexibility index (Phi) is 7.47. The maximum absolute atomic E-state index is 13.1. The number of rotatable bonds is 3. The van der Waals surface area contributed by atoms with Gasteiger partial charge in [-0.3, -0.25) is 9.78 Å². The van der Waals surface area contributed by atoms with Gasteiger partial charge in [0.2, 0.25) is 0 Å². The van der Waals surface area contributed by atoms with Gasteiger partial charge in [0, 0.05) is 37.6 Å². The van der Waals surface area contributed by atoms with E-state index >= 15 is 0 Å². The lowest BCUT2D eigenvalue weighted by molar-refractivity contribution is 0.0634. The highest BCUT2D eigenvalue weighted by molar-refractivity contribution is 8.16. The van der Waals surface area contributed by atoms with E-state index in [9.17, 15) is 4.79 Å². The number of aromatic nitrogens is 1. The van der Waals surface area contributed by atoms with E-state index in [1.165, 1.54) is 23.5 Å². The molecule has 0 saturated carbocycles. The quantitative estimate of drug-likeness (QED) is 0.806. The second-order valence-corrected chi connectivity index (χ2v) is 9.28. The van der Waals surface area contributed by atoms with Gasteiger partial charge in [-0.1, -0.05) is 18.2 Å². The molecular weight excluding hydrogens is 398 g/mol. The van der Waals surface area contributed by atoms with Gasteiger partial charge in [0.25, 0.3) is 5.91 Å². The second-order valence-electron chi connectivity index (χ2n) is 6.55. The highest BCUT2D eigenvalue weighted by atomic mass is 35.5. The van der Waals surface area contributed by atoms with Crippen LogP contribution in [0.5, 0.6) is 0 Å². The van der Waals surface area contributed by atoms with Crippen LogP contribution in [0.3, 0.4) is 0 Å². The Morgan fingerprint density at radius 3 is 2.59 bits per heavy atom. The fourth-order valence-corrected chi connectivity index (χ4v) is 6.34. The molecule has 2 saturated heterocycles. The average Bonchev–Trinajstić information content (AvgIpc) is 2.75. The zero-order valence-corrected chi connectivity index (χ0v) is 17.5. The first-order valence-corrected chi connectivity index (χ1v) is 11.2. The van der Waals surface area contributed by atoms with Crippen molar-refractivity contribution in [2.45, 2.75) is 17.0 Å². The largest absolute Gasteiger partial charge is 0.329 e. The van der Waals surface area contributed by atoms with Crippen molar-refractivity contribution in [3.05, 3.63) is 65.5 Å². The summed E-state index contributed by atoms with van der Waals surface area (Å²) in [7, 11) is 0. The van der Waals surface area contributed by atoms with Gasteiger partial charge >= 0.3 is 0 Å². The van der Waals surface area contributed by atoms with Gasteiger partial charge in [-0.05, 0) is 47.3 Å². The minimum Gasteiger partial charge on any atom is -0.329 e. The van der Waals surface area contributed by atoms with Gasteiger partial charge in [-0.25, -0.2) is 0 Å². The first-order valence-electron chi connectivity index (χ1n) is 9.08. The number of hydrogen-bond donors (Lipinski definition) is 1. The molecule has 2 aliphatic rings. The fourth-order valence-electron chi connectivity index (χ4n) is 3.45. The van der Waals surface area contributed by atoms with Crippen molar-refractivity contribution in [1.82, 2.24) is 15.2 Å². The third-order valence-corrected chi connectivity index (χ3v) is 7.85. The topological polar surface area (TPSA) is 45.2 Å². The van der Waals surface area contributed by atoms with E-state index in [0.717, 1.165) is 24.2 Å². The molecule has 1 atom stereocenters. The van der Waals surface area contributed by atoms with Crippen molar-refractivity contribution in [1.29, 1.82) is 0 Å². The van der Waals surface area contributed by atoms with Crippen LogP contribution in [-0.4, -0.2) is 46.9 Å². The third kappa shape index (κ3) is 4.80. The highest BCUT2D eigenvalue weighted by Crippen LogP contribution is 2.43. The standard InChI is InChI=1S/C20H23N3OS2.ClH/c24-19(15-4-6-16(7-5-15)20-25-11-2-12-26-20)23-10-9-22-14-18(23)17-3-1-8-21-13-17;/h1,3-8,13,18,20,22H,2,9-12,14H2;1H. The lowest BCUT2D eigenvalue weighted by Gasteiger charge is -2.36. The Morgan fingerprint density at radius 1 is 1.11 bits per heavy atom. The maximum Gasteiger partial charge on any atom is 0.254 e. The molecular formula is C20H24ClN3OS2. The van der Waals surface area contributed by atoms with Crippen LogP contribution in [0.15, 0.2) is 48.8 Å². The molecule has 0 aliphatic carbocycles. The van der Waals surface area contributed by atoms with Gasteiger partial charge < -0.3 is 10.2 Å². The number of nitrogens with zero attached hydrogens (tertiary/aromatic N) is 2. The highest BCUT2D eigenvalue weighted by Gasteiger charge is 2.29. The molecule has 0 radical (unpaired) electrons. The van der Waals surface area contributed by atoms with Crippen molar-refractivity contribution >= 4 is 41.8 Å². The van der Waals surface area contributed by atoms with E-state index in [0.29, 0.717) is 11.1 Å². The van der Waals surface area contributed by atoms with Crippen molar-refractivity contribution < 1.29 is 4.79 Å². The Bertz CT molecular complexity index is 739. The average molecular weight is 422 g/mol. The van der Waals surface area contributed by atoms with E-state index in [-0.39, 0.29) is 24.4 Å². The minimum atomic E-state index is 0. The molecule has 2 aromatic rings. The lowest BCUT2D eigenvalue weighted by Crippen LogP contribution is -2.48. The summed E-state index contributed by atoms with van der Waals surface area (Å²) in [4.78, 5) is 19.3. The molecule has 1 aromatic heterocycles. The van der Waals surface area contributed by atoms with Crippen molar-refractivity contribution in [2.75, 3.05) is 31.1 Å². The molecule has 1 aromatic carbocycles. The smallest absolute Gasteiger partial charge is 0.254 e. The first kappa shape index (κ1) is 20.5. The van der Waals surface area contributed by atoms with E-state index in [4.69, 9.17) is 0 Å². The van der Waals surface area contributed by atoms with Crippen LogP contribution in [0.4, 0.5) is 0 Å². The van der Waals surface area contributed by atoms with Crippen LogP contribution in [0, 0.1) is 0 Å². The normalized spacial score (nSPS) is 20.7. The van der Waals surface area contributed by atoms with Crippen molar-refractivity contribution in [3.8, 4) is 0 Å². The van der Waals surface area contributed by atoms with Crippen LogP contribution in [0.2, 0.25) is 0 Å². The molecule has 1 unspecified atom stereocenters. The van der Waals surface area contributed by atoms with Crippen molar-refractivity contribution in [3.63, 3.8) is 0 Å². The molecule has 1 amide bonds. The third-order valence-electron chi connectivity index (χ3n) is 4.83. The van der Waals surface area contributed by atoms with Crippen LogP contribution in [0.25, 0.3) is 0 Å². The number of hydrogen-bond acceptors (Lipinski definition) is 5. The van der Waals surface area contributed by atoms with E-state index in [1.54, 1.807) is 6.20 Å². The Hall–Kier alpha value is -1.21. The van der Waals surface area contributed by atoms with Gasteiger partial charge in [-0.2, -0.15) is 0 Å². The summed E-state index contributed by atoms with van der Waals surface area (Å²) in [6.07, 6.45) is 4.92. The van der Waals surface area contributed by atoms with E-state index in [1.807, 2.05) is 58.9 Å². The monoisotopic (exact) mass is 421 g/mol. The minimum absolute atomic E-state index is 0. The van der Waals surface area contributed by atoms with Gasteiger partial charge in [0.1, 0.15) is 0 Å². The van der Waals surface area contributed by atoms with Crippen LogP contribution < -0.4 is 5.32 Å². The van der Waals surface area contributed by atoms with Crippen LogP contribution in [0.1, 0.15) is 38.5 Å². The Balaban J connectivity index is 0.00000210. The Labute approximate surface area is 175 Å². The predicted octanol–water partition coefficient (Wildman–Crippen LogP) is 4.16. The summed E-state index contributed by atoms with van der Waals surface area (Å²) in [5, 5.41) is 3.39. The molecule has 4 rings (SSSR count). The van der Waals surface area contributed by atoms with Gasteiger partial charge in [-0.15, -0.1) is 35.9 Å². The number of pyridine rings is 1. The van der Waals surface area contributed by atoms with Crippen LogP contribution >= 0.6 is 35.9 Å². The van der Waals surface area contributed by atoms with Gasteiger partial charge in [0.05, 0.1) is 10.6 Å². The fraction of sp³-hybridized carbons (Fsp3) is 0.400. The van der Waals surface area contributed by atoms with Crippen molar-refractivity contribution in [2.24, 2.45) is 0 Å². The number of amides is 1. The number of nitrogens with one attached hydrogen (secondary N) is 1. The van der Waals surface area contributed by atoms with Gasteiger partial charge in [0.15, 0.2) is 0 Å². The molecule has 0 bridgehead atoms. The molecule has 4 nitrogen and oxygen atoms in total. The summed E-state index contributed by atoms with van der Waals surface area (Å²) < 4.78 is 0.509. The zero-order chi connectivity index (χ0) is 17.8. The molecule has 7 heteroatoms. The molecule has 27 heavy (non-hydrogen) atoms. The summed E-state index contributed by atoms with van der Waals surface area (Å²) in [6, 6.07) is 12.3. The first-order chi connectivity index (χ1) is 12.8. The lowest BCUT2D eigenvalue weighted by atomic mass is 10.0. The van der Waals surface area contributed by atoms with Crippen LogP contribution in [-0.2, 0) is 0 Å². The molecule has 2 aliphatic heterocycles. The predicted molar refractivity (Wildman–Crippen MR) is 117 cm³/mol. The summed E-state index contributed by atoms with van der Waals surface area (Å²) >= 11 is 4.02. The number of piperazine rings is 1. The molecule has 0 spiro atoms. The Morgan fingerprint density at radius 2 is 1.89 bits per heavy atom. The number of thioether (sulfide) groups is 2. The molecule has 144 valence electrons. The second kappa shape index (κ2) is 9.82. The number of carbonyl (C=O) groups is 1. The maximum atomic E-state index is 13.1. The number of halogens is 1. The summed E-state index contributed by atoms with van der Waals surface area (Å²) in [5.41, 5.74) is 3.18. The zero-order valence-electron chi connectivity index (χ0n) is 15.0. The molecule has 1 N–H and O–H groups in total. The van der Waals surface area contributed by atoms with E-state index < -0.39 is 0 Å². The molecule has 3 heterocycles. The molecule has 2 fully saturated rings. The SMILES string of the molecule is Cl.O=C(c1ccc(C2SCCCS2)cc1)N1CCNCC1c1cccnc1. The summed E-state index contributed by atoms with van der Waals surface area (Å²) in [6.45, 7) is 2.31. The van der Waals surface area contributed by atoms with E-state index in [2.05, 4.69) is 22.4 Å². The summed E-state index contributed by atoms with van der Waals surface area (Å²) in [5.74, 6) is 2.56. The number of carbonyl (C=O) groups excluding carboxylic acids is 1.